The molecule has 0 saturated carbocycles. The summed E-state index contributed by atoms with van der Waals surface area (Å²) in [5.41, 5.74) is 0.964. The Morgan fingerprint density at radius 2 is 1.80 bits per heavy atom. The van der Waals surface area contributed by atoms with Crippen molar-refractivity contribution in [2.24, 2.45) is 0 Å². The van der Waals surface area contributed by atoms with Crippen molar-refractivity contribution in [3.05, 3.63) is 55.9 Å². The number of amides is 1. The van der Waals surface area contributed by atoms with Crippen LogP contribution in [-0.2, 0) is 0 Å². The third-order valence-corrected chi connectivity index (χ3v) is 3.90. The second kappa shape index (κ2) is 6.61. The van der Waals surface area contributed by atoms with Crippen LogP contribution in [0.5, 0.6) is 5.75 Å². The molecule has 3 nitrogen and oxygen atoms in total. The number of anilines is 1. The maximum absolute atomic E-state index is 12.3. The van der Waals surface area contributed by atoms with E-state index < -0.39 is 0 Å². The first-order valence-corrected chi connectivity index (χ1v) is 7.57. The summed E-state index contributed by atoms with van der Waals surface area (Å²) in [6.45, 7) is 0. The lowest BCUT2D eigenvalue weighted by Crippen LogP contribution is -2.13. The molecule has 0 aliphatic carbocycles. The molecule has 0 aliphatic rings. The van der Waals surface area contributed by atoms with E-state index in [1.54, 1.807) is 37.4 Å². The fraction of sp³-hybridized carbons (Fsp3) is 0.0714. The molecule has 104 valence electrons. The SMILES string of the molecule is COc1ccc(Br)cc1NC(=O)c1cc(Br)ccc1Cl. The summed E-state index contributed by atoms with van der Waals surface area (Å²) in [6, 6.07) is 10.5. The molecular weight excluding hydrogens is 409 g/mol. The van der Waals surface area contributed by atoms with E-state index in [-0.39, 0.29) is 5.91 Å². The molecule has 1 N–H and O–H groups in total. The van der Waals surface area contributed by atoms with Crippen LogP contribution in [-0.4, -0.2) is 13.0 Å². The van der Waals surface area contributed by atoms with Gasteiger partial charge in [-0.3, -0.25) is 4.79 Å². The Balaban J connectivity index is 2.32. The summed E-state index contributed by atoms with van der Waals surface area (Å²) in [6.07, 6.45) is 0. The standard InChI is InChI=1S/C14H10Br2ClNO2/c1-20-13-5-3-9(16)7-12(13)18-14(19)10-6-8(15)2-4-11(10)17/h2-7H,1H3,(H,18,19). The van der Waals surface area contributed by atoms with Crippen LogP contribution in [0, 0.1) is 0 Å². The normalized spacial score (nSPS) is 10.2. The molecule has 0 fully saturated rings. The Morgan fingerprint density at radius 1 is 1.15 bits per heavy atom. The molecule has 2 rings (SSSR count). The smallest absolute Gasteiger partial charge is 0.257 e. The van der Waals surface area contributed by atoms with Crippen molar-refractivity contribution in [3.8, 4) is 5.75 Å². The monoisotopic (exact) mass is 417 g/mol. The highest BCUT2D eigenvalue weighted by molar-refractivity contribution is 9.10. The Labute approximate surface area is 138 Å². The lowest BCUT2D eigenvalue weighted by Gasteiger charge is -2.11. The number of hydrogen-bond acceptors (Lipinski definition) is 2. The molecule has 6 heteroatoms. The van der Waals surface area contributed by atoms with Crippen molar-refractivity contribution in [2.45, 2.75) is 0 Å². The second-order valence-electron chi connectivity index (χ2n) is 3.92. The Bertz CT molecular complexity index is 662. The zero-order chi connectivity index (χ0) is 14.7. The lowest BCUT2D eigenvalue weighted by atomic mass is 10.2. The minimum Gasteiger partial charge on any atom is -0.495 e. The molecule has 2 aromatic carbocycles. The van der Waals surface area contributed by atoms with E-state index in [0.29, 0.717) is 22.0 Å². The van der Waals surface area contributed by atoms with Gasteiger partial charge in [-0.25, -0.2) is 0 Å². The number of nitrogens with one attached hydrogen (secondary N) is 1. The summed E-state index contributed by atoms with van der Waals surface area (Å²) in [7, 11) is 1.55. The van der Waals surface area contributed by atoms with E-state index in [9.17, 15) is 4.79 Å². The van der Waals surface area contributed by atoms with E-state index in [4.69, 9.17) is 16.3 Å². The van der Waals surface area contributed by atoms with Crippen molar-refractivity contribution in [2.75, 3.05) is 12.4 Å². The highest BCUT2D eigenvalue weighted by Gasteiger charge is 2.13. The van der Waals surface area contributed by atoms with E-state index in [1.165, 1.54) is 0 Å². The van der Waals surface area contributed by atoms with Crippen molar-refractivity contribution in [1.29, 1.82) is 0 Å². The van der Waals surface area contributed by atoms with Crippen LogP contribution in [0.4, 0.5) is 5.69 Å². The van der Waals surface area contributed by atoms with Gasteiger partial charge in [0.2, 0.25) is 0 Å². The van der Waals surface area contributed by atoms with Crippen molar-refractivity contribution < 1.29 is 9.53 Å². The summed E-state index contributed by atoms with van der Waals surface area (Å²) < 4.78 is 6.84. The average Bonchev–Trinajstić information content (AvgIpc) is 2.41. The van der Waals surface area contributed by atoms with E-state index >= 15 is 0 Å². The zero-order valence-electron chi connectivity index (χ0n) is 10.4. The molecule has 0 aliphatic heterocycles. The first-order valence-electron chi connectivity index (χ1n) is 5.61. The first kappa shape index (κ1) is 15.4. The second-order valence-corrected chi connectivity index (χ2v) is 6.16. The zero-order valence-corrected chi connectivity index (χ0v) is 14.3. The maximum Gasteiger partial charge on any atom is 0.257 e. The van der Waals surface area contributed by atoms with Crippen molar-refractivity contribution >= 4 is 55.1 Å². The number of benzene rings is 2. The summed E-state index contributed by atoms with van der Waals surface area (Å²) in [4.78, 5) is 12.3. The van der Waals surface area contributed by atoms with Crippen LogP contribution >= 0.6 is 43.5 Å². The summed E-state index contributed by atoms with van der Waals surface area (Å²) >= 11 is 12.7. The minimum atomic E-state index is -0.298. The molecule has 0 aromatic heterocycles. The third-order valence-electron chi connectivity index (χ3n) is 2.58. The lowest BCUT2D eigenvalue weighted by molar-refractivity contribution is 0.102. The van der Waals surface area contributed by atoms with Gasteiger partial charge in [0.05, 0.1) is 23.4 Å². The quantitative estimate of drug-likeness (QED) is 0.749. The highest BCUT2D eigenvalue weighted by atomic mass is 79.9. The van der Waals surface area contributed by atoms with Crippen LogP contribution in [0.1, 0.15) is 10.4 Å². The van der Waals surface area contributed by atoms with E-state index in [0.717, 1.165) is 8.95 Å². The summed E-state index contributed by atoms with van der Waals surface area (Å²) in [5.74, 6) is 0.278. The molecular formula is C14H10Br2ClNO2. The molecule has 0 heterocycles. The number of rotatable bonds is 3. The number of halogens is 3. The Kier molecular flexibility index (Phi) is 5.07. The molecule has 2 aromatic rings. The van der Waals surface area contributed by atoms with Crippen LogP contribution in [0.25, 0.3) is 0 Å². The molecule has 20 heavy (non-hydrogen) atoms. The van der Waals surface area contributed by atoms with Crippen molar-refractivity contribution in [1.82, 2.24) is 0 Å². The van der Waals surface area contributed by atoms with Gasteiger partial charge in [-0.15, -0.1) is 0 Å². The fourth-order valence-corrected chi connectivity index (χ4v) is 2.56. The predicted octanol–water partition coefficient (Wildman–Crippen LogP) is 5.13. The van der Waals surface area contributed by atoms with Gasteiger partial charge in [0.25, 0.3) is 5.91 Å². The van der Waals surface area contributed by atoms with E-state index in [1.807, 2.05) is 6.07 Å². The largest absolute Gasteiger partial charge is 0.495 e. The van der Waals surface area contributed by atoms with Gasteiger partial charge in [0.15, 0.2) is 0 Å². The third kappa shape index (κ3) is 3.53. The molecule has 0 radical (unpaired) electrons. The minimum absolute atomic E-state index is 0.298. The van der Waals surface area contributed by atoms with Crippen LogP contribution in [0.3, 0.4) is 0 Å². The average molecular weight is 420 g/mol. The van der Waals surface area contributed by atoms with Gasteiger partial charge in [0, 0.05) is 8.95 Å². The number of hydrogen-bond donors (Lipinski definition) is 1. The number of carbonyl (C=O) groups is 1. The Hall–Kier alpha value is -1.04. The molecule has 1 amide bonds. The molecule has 0 spiro atoms. The fourth-order valence-electron chi connectivity index (χ4n) is 1.64. The topological polar surface area (TPSA) is 38.3 Å². The van der Waals surface area contributed by atoms with Gasteiger partial charge in [-0.2, -0.15) is 0 Å². The van der Waals surface area contributed by atoms with Crippen LogP contribution in [0.2, 0.25) is 5.02 Å². The van der Waals surface area contributed by atoms with Gasteiger partial charge in [-0.05, 0) is 36.4 Å². The molecule has 0 bridgehead atoms. The van der Waals surface area contributed by atoms with Crippen molar-refractivity contribution in [3.63, 3.8) is 0 Å². The molecule has 0 atom stereocenters. The van der Waals surface area contributed by atoms with Crippen LogP contribution < -0.4 is 10.1 Å². The predicted molar refractivity (Wildman–Crippen MR) is 87.8 cm³/mol. The number of ether oxygens (including phenoxy) is 1. The molecule has 0 saturated heterocycles. The number of carbonyl (C=O) groups excluding carboxylic acids is 1. The van der Waals surface area contributed by atoms with Gasteiger partial charge < -0.3 is 10.1 Å². The molecule has 0 unspecified atom stereocenters. The van der Waals surface area contributed by atoms with Gasteiger partial charge >= 0.3 is 0 Å². The summed E-state index contributed by atoms with van der Waals surface area (Å²) in [5, 5.41) is 3.18. The number of methoxy groups -OCH3 is 1. The highest BCUT2D eigenvalue weighted by Crippen LogP contribution is 2.29. The van der Waals surface area contributed by atoms with Gasteiger partial charge in [-0.1, -0.05) is 43.5 Å². The first-order chi connectivity index (χ1) is 9.51. The van der Waals surface area contributed by atoms with Crippen LogP contribution in [0.15, 0.2) is 45.3 Å². The van der Waals surface area contributed by atoms with E-state index in [2.05, 4.69) is 37.2 Å². The maximum atomic E-state index is 12.3. The van der Waals surface area contributed by atoms with Gasteiger partial charge in [0.1, 0.15) is 5.75 Å². The Morgan fingerprint density at radius 3 is 2.50 bits per heavy atom.